The van der Waals surface area contributed by atoms with Crippen molar-refractivity contribution in [3.8, 4) is 0 Å². The predicted molar refractivity (Wildman–Crippen MR) is 73.7 cm³/mol. The Bertz CT molecular complexity index is 661. The van der Waals surface area contributed by atoms with E-state index in [9.17, 15) is 4.79 Å². The minimum Gasteiger partial charge on any atom is -0.369 e. The van der Waals surface area contributed by atoms with Crippen LogP contribution in [-0.4, -0.2) is 27.4 Å². The Morgan fingerprint density at radius 3 is 3.05 bits per heavy atom. The number of carbonyl (C=O) groups excluding carboxylic acids is 1. The molecule has 0 spiro atoms. The first kappa shape index (κ1) is 13.8. The Hall–Kier alpha value is -2.15. The van der Waals surface area contributed by atoms with E-state index in [1.54, 1.807) is 6.20 Å². The topological polar surface area (TPSA) is 93.0 Å². The van der Waals surface area contributed by atoms with Gasteiger partial charge in [-0.3, -0.25) is 9.89 Å². The molecule has 7 nitrogen and oxygen atoms in total. The second kappa shape index (κ2) is 5.33. The van der Waals surface area contributed by atoms with Crippen LogP contribution in [0, 0.1) is 6.92 Å². The summed E-state index contributed by atoms with van der Waals surface area (Å²) >= 11 is 0. The number of aromatic nitrogens is 3. The molecule has 1 amide bonds. The first-order valence-electron chi connectivity index (χ1n) is 6.97. The van der Waals surface area contributed by atoms with Crippen LogP contribution >= 0.6 is 0 Å². The Morgan fingerprint density at radius 1 is 1.52 bits per heavy atom. The number of nitrogens with zero attached hydrogens (tertiary/aromatic N) is 2. The highest BCUT2D eigenvalue weighted by Gasteiger charge is 2.29. The minimum atomic E-state index is -0.200. The van der Waals surface area contributed by atoms with Crippen molar-refractivity contribution in [1.82, 2.24) is 20.7 Å². The van der Waals surface area contributed by atoms with Crippen LogP contribution < -0.4 is 5.32 Å². The Balaban J connectivity index is 1.75. The van der Waals surface area contributed by atoms with E-state index in [-0.39, 0.29) is 18.1 Å². The van der Waals surface area contributed by atoms with Crippen molar-refractivity contribution < 1.29 is 14.1 Å². The second-order valence-electron chi connectivity index (χ2n) is 5.35. The largest absolute Gasteiger partial charge is 0.369 e. The molecule has 0 radical (unpaired) electrons. The number of rotatable bonds is 3. The smallest absolute Gasteiger partial charge is 0.272 e. The molecule has 0 aromatic carbocycles. The van der Waals surface area contributed by atoms with Gasteiger partial charge in [-0.15, -0.1) is 0 Å². The van der Waals surface area contributed by atoms with Crippen molar-refractivity contribution in [1.29, 1.82) is 0 Å². The second-order valence-corrected chi connectivity index (χ2v) is 5.35. The molecule has 3 heterocycles. The van der Waals surface area contributed by atoms with E-state index < -0.39 is 0 Å². The monoisotopic (exact) mass is 290 g/mol. The third-order valence-electron chi connectivity index (χ3n) is 3.74. The highest BCUT2D eigenvalue weighted by Crippen LogP contribution is 2.30. The van der Waals surface area contributed by atoms with E-state index in [4.69, 9.17) is 9.26 Å². The number of fused-ring (bicyclic) bond motifs is 1. The molecule has 0 fully saturated rings. The molecule has 3 rings (SSSR count). The summed E-state index contributed by atoms with van der Waals surface area (Å²) in [5.41, 5.74) is 3.14. The summed E-state index contributed by atoms with van der Waals surface area (Å²) < 4.78 is 10.7. The van der Waals surface area contributed by atoms with Gasteiger partial charge < -0.3 is 14.6 Å². The normalized spacial score (nSPS) is 21.1. The Labute approximate surface area is 122 Å². The van der Waals surface area contributed by atoms with E-state index in [0.29, 0.717) is 24.4 Å². The maximum Gasteiger partial charge on any atom is 0.272 e. The maximum atomic E-state index is 12.3. The van der Waals surface area contributed by atoms with E-state index in [1.165, 1.54) is 0 Å². The molecule has 2 aromatic rings. The molecule has 0 unspecified atom stereocenters. The van der Waals surface area contributed by atoms with Gasteiger partial charge in [-0.2, -0.15) is 5.10 Å². The summed E-state index contributed by atoms with van der Waals surface area (Å²) in [4.78, 5) is 12.3. The highest BCUT2D eigenvalue weighted by atomic mass is 16.5. The molecule has 0 saturated carbocycles. The molecule has 21 heavy (non-hydrogen) atoms. The summed E-state index contributed by atoms with van der Waals surface area (Å²) in [6.45, 7) is 6.13. The number of hydrogen-bond donors (Lipinski definition) is 2. The van der Waals surface area contributed by atoms with E-state index >= 15 is 0 Å². The third kappa shape index (κ3) is 2.56. The fraction of sp³-hybridized carbons (Fsp3) is 0.500. The van der Waals surface area contributed by atoms with Gasteiger partial charge in [0.05, 0.1) is 24.1 Å². The van der Waals surface area contributed by atoms with Gasteiger partial charge in [0, 0.05) is 24.1 Å². The van der Waals surface area contributed by atoms with Crippen molar-refractivity contribution in [3.63, 3.8) is 0 Å². The average Bonchev–Trinajstić information content (AvgIpc) is 3.02. The zero-order chi connectivity index (χ0) is 15.0. The maximum absolute atomic E-state index is 12.3. The summed E-state index contributed by atoms with van der Waals surface area (Å²) in [6.07, 6.45) is 2.30. The quantitative estimate of drug-likeness (QED) is 0.896. The van der Waals surface area contributed by atoms with Gasteiger partial charge in [-0.05, 0) is 20.8 Å². The Kier molecular flexibility index (Phi) is 3.50. The lowest BCUT2D eigenvalue weighted by Crippen LogP contribution is -2.27. The molecular formula is C14H18N4O3. The summed E-state index contributed by atoms with van der Waals surface area (Å²) in [5.74, 6) is 0.504. The fourth-order valence-corrected chi connectivity index (χ4v) is 2.61. The zero-order valence-corrected chi connectivity index (χ0v) is 12.3. The van der Waals surface area contributed by atoms with Gasteiger partial charge in [0.15, 0.2) is 5.69 Å². The van der Waals surface area contributed by atoms with Crippen molar-refractivity contribution in [2.75, 3.05) is 0 Å². The van der Waals surface area contributed by atoms with Crippen molar-refractivity contribution in [3.05, 3.63) is 34.5 Å². The Morgan fingerprint density at radius 2 is 2.33 bits per heavy atom. The molecule has 7 heteroatoms. The van der Waals surface area contributed by atoms with Gasteiger partial charge in [-0.25, -0.2) is 0 Å². The van der Waals surface area contributed by atoms with Gasteiger partial charge in [-0.1, -0.05) is 5.16 Å². The van der Waals surface area contributed by atoms with Crippen LogP contribution in [0.25, 0.3) is 0 Å². The molecule has 112 valence electrons. The number of nitrogens with one attached hydrogen (secondary N) is 2. The fourth-order valence-electron chi connectivity index (χ4n) is 2.61. The molecule has 1 aliphatic rings. The lowest BCUT2D eigenvalue weighted by molar-refractivity contribution is -0.00697. The molecule has 2 atom stereocenters. The first-order valence-corrected chi connectivity index (χ1v) is 6.97. The van der Waals surface area contributed by atoms with E-state index in [2.05, 4.69) is 20.7 Å². The number of aromatic amines is 1. The molecule has 0 bridgehead atoms. The van der Waals surface area contributed by atoms with Gasteiger partial charge >= 0.3 is 0 Å². The van der Waals surface area contributed by atoms with Crippen LogP contribution in [0.3, 0.4) is 0 Å². The predicted octanol–water partition coefficient (Wildman–Crippen LogP) is 1.66. The van der Waals surface area contributed by atoms with E-state index in [0.717, 1.165) is 16.8 Å². The van der Waals surface area contributed by atoms with Crippen LogP contribution in [0.4, 0.5) is 0 Å². The van der Waals surface area contributed by atoms with Crippen LogP contribution in [0.2, 0.25) is 0 Å². The number of aryl methyl sites for hydroxylation is 1. The number of ether oxygens (including phenoxy) is 1. The third-order valence-corrected chi connectivity index (χ3v) is 3.74. The van der Waals surface area contributed by atoms with Gasteiger partial charge in [0.2, 0.25) is 0 Å². The number of hydrogen-bond acceptors (Lipinski definition) is 5. The lowest BCUT2D eigenvalue weighted by atomic mass is 9.99. The molecule has 0 saturated heterocycles. The average molecular weight is 290 g/mol. The standard InChI is InChI=1S/C14H18N4O3/c1-7-4-11-12(9(3)20-7)17-18-13(11)14(19)15-5-10-6-16-21-8(10)2/h6-7,9H,4-5H2,1-3H3,(H,15,19)(H,17,18)/t7-,9+/m1/s1. The minimum absolute atomic E-state index is 0.0712. The van der Waals surface area contributed by atoms with Gasteiger partial charge in [0.1, 0.15) is 5.76 Å². The van der Waals surface area contributed by atoms with Crippen LogP contribution in [-0.2, 0) is 17.7 Å². The molecule has 2 N–H and O–H groups in total. The molecule has 0 aliphatic carbocycles. The molecular weight excluding hydrogens is 272 g/mol. The number of amides is 1. The van der Waals surface area contributed by atoms with Crippen molar-refractivity contribution >= 4 is 5.91 Å². The molecule has 1 aliphatic heterocycles. The number of carbonyl (C=O) groups is 1. The lowest BCUT2D eigenvalue weighted by Gasteiger charge is -2.25. The van der Waals surface area contributed by atoms with Crippen LogP contribution in [0.15, 0.2) is 10.7 Å². The number of H-pyrrole nitrogens is 1. The highest BCUT2D eigenvalue weighted by molar-refractivity contribution is 5.94. The van der Waals surface area contributed by atoms with Crippen molar-refractivity contribution in [2.45, 2.75) is 45.9 Å². The van der Waals surface area contributed by atoms with Gasteiger partial charge in [0.25, 0.3) is 5.91 Å². The molecule has 2 aromatic heterocycles. The summed E-state index contributed by atoms with van der Waals surface area (Å²) in [5, 5.41) is 13.6. The summed E-state index contributed by atoms with van der Waals surface area (Å²) in [7, 11) is 0. The van der Waals surface area contributed by atoms with Crippen LogP contribution in [0.1, 0.15) is 53.0 Å². The summed E-state index contributed by atoms with van der Waals surface area (Å²) in [6, 6.07) is 0. The first-order chi connectivity index (χ1) is 10.1. The van der Waals surface area contributed by atoms with Crippen LogP contribution in [0.5, 0.6) is 0 Å². The van der Waals surface area contributed by atoms with E-state index in [1.807, 2.05) is 20.8 Å². The zero-order valence-electron chi connectivity index (χ0n) is 12.3. The van der Waals surface area contributed by atoms with Crippen molar-refractivity contribution in [2.24, 2.45) is 0 Å². The SMILES string of the molecule is Cc1oncc1CNC(=O)c1n[nH]c2c1C[C@@H](C)O[C@H]2C.